The van der Waals surface area contributed by atoms with Gasteiger partial charge in [-0.1, -0.05) is 101 Å². The number of benzene rings is 4. The Morgan fingerprint density at radius 3 is 1.12 bits per heavy atom. The fourth-order valence-corrected chi connectivity index (χ4v) is 6.38. The van der Waals surface area contributed by atoms with Gasteiger partial charge in [0.1, 0.15) is 20.2 Å². The summed E-state index contributed by atoms with van der Waals surface area (Å²) < 4.78 is 68.6. The van der Waals surface area contributed by atoms with Crippen LogP contribution in [0.2, 0.25) is 0 Å². The third-order valence-corrected chi connectivity index (χ3v) is 8.83. The smallest absolute Gasteiger partial charge is 0.744 e. The second kappa shape index (κ2) is 16.9. The number of unbranched alkanes of at least 4 members (excludes halogenated alkanes) is 6. The number of fused-ring (bicyclic) bond motifs is 2. The molecule has 0 saturated carbocycles. The summed E-state index contributed by atoms with van der Waals surface area (Å²) in [7, 11) is -8.84. The first-order valence-electron chi connectivity index (χ1n) is 14.0. The van der Waals surface area contributed by atoms with Crippen LogP contribution < -0.4 is 0 Å². The molecule has 216 valence electrons. The van der Waals surface area contributed by atoms with Crippen LogP contribution in [0, 0.1) is 0 Å². The molecule has 0 amide bonds. The largest absolute Gasteiger partial charge is 2.00 e. The van der Waals surface area contributed by atoms with Gasteiger partial charge < -0.3 is 9.11 Å². The van der Waals surface area contributed by atoms with Crippen molar-refractivity contribution in [2.24, 2.45) is 0 Å². The summed E-state index contributed by atoms with van der Waals surface area (Å²) in [4.78, 5) is -0.125. The molecule has 0 saturated heterocycles. The minimum absolute atomic E-state index is 0. The molecule has 0 radical (unpaired) electrons. The quantitative estimate of drug-likeness (QED) is 0.0927. The molecule has 0 bridgehead atoms. The molecule has 0 aliphatic rings. The molecular formula is C32H38CaO6S2. The zero-order valence-electron chi connectivity index (χ0n) is 24.0. The fourth-order valence-electron chi connectivity index (χ4n) is 4.87. The minimum atomic E-state index is -4.42. The SMILES string of the molecule is CCCCCCc1cc2ccccc2cc1S(=O)(=O)[O-].CCCCCCc1cc2ccccc2cc1S(=O)(=O)[O-].[Ca+2]. The Balaban J connectivity index is 0.000000280. The third kappa shape index (κ3) is 10.9. The molecule has 0 atom stereocenters. The van der Waals surface area contributed by atoms with Crippen LogP contribution in [0.5, 0.6) is 0 Å². The van der Waals surface area contributed by atoms with Gasteiger partial charge in [-0.3, -0.25) is 0 Å². The molecule has 4 aromatic rings. The van der Waals surface area contributed by atoms with Crippen molar-refractivity contribution in [3.05, 3.63) is 83.9 Å². The number of hydrogen-bond acceptors (Lipinski definition) is 6. The van der Waals surface area contributed by atoms with Gasteiger partial charge >= 0.3 is 37.7 Å². The maximum atomic E-state index is 11.4. The second-order valence-corrected chi connectivity index (χ2v) is 12.8. The summed E-state index contributed by atoms with van der Waals surface area (Å²) in [6, 6.07) is 21.7. The molecule has 4 rings (SSSR count). The van der Waals surface area contributed by atoms with Gasteiger partial charge in [0.2, 0.25) is 0 Å². The Bertz CT molecular complexity index is 1510. The topological polar surface area (TPSA) is 114 Å². The maximum absolute atomic E-state index is 11.4. The summed E-state index contributed by atoms with van der Waals surface area (Å²) in [6.45, 7) is 4.26. The monoisotopic (exact) mass is 622 g/mol. The van der Waals surface area contributed by atoms with Gasteiger partial charge in [0.25, 0.3) is 0 Å². The summed E-state index contributed by atoms with van der Waals surface area (Å²) in [5.74, 6) is 0. The van der Waals surface area contributed by atoms with E-state index in [1.807, 2.05) is 60.7 Å². The van der Waals surface area contributed by atoms with Crippen molar-refractivity contribution in [3.8, 4) is 0 Å². The Morgan fingerprint density at radius 1 is 0.512 bits per heavy atom. The molecule has 0 aliphatic heterocycles. The van der Waals surface area contributed by atoms with E-state index in [-0.39, 0.29) is 47.5 Å². The molecule has 0 unspecified atom stereocenters. The molecule has 9 heteroatoms. The Kier molecular flexibility index (Phi) is 14.7. The maximum Gasteiger partial charge on any atom is 2.00 e. The number of hydrogen-bond donors (Lipinski definition) is 0. The fraction of sp³-hybridized carbons (Fsp3) is 0.375. The van der Waals surface area contributed by atoms with Gasteiger partial charge in [0, 0.05) is 0 Å². The van der Waals surface area contributed by atoms with E-state index >= 15 is 0 Å². The van der Waals surface area contributed by atoms with Crippen LogP contribution in [0.1, 0.15) is 76.3 Å². The van der Waals surface area contributed by atoms with Crippen LogP contribution in [0.25, 0.3) is 21.5 Å². The Hall–Kier alpha value is -1.52. The summed E-state index contributed by atoms with van der Waals surface area (Å²) in [5.41, 5.74) is 1.30. The second-order valence-electron chi connectivity index (χ2n) is 10.1. The van der Waals surface area contributed by atoms with Crippen molar-refractivity contribution in [1.29, 1.82) is 0 Å². The van der Waals surface area contributed by atoms with Crippen molar-refractivity contribution in [3.63, 3.8) is 0 Å². The standard InChI is InChI=1S/2C16H20O3S.Ca/c2*1-2-3-4-5-10-15-11-13-8-6-7-9-14(13)12-16(15)20(17,18)19;/h2*6-9,11-12H,2-5,10H2,1H3,(H,17,18,19);/q;;+2/p-2. The zero-order chi connectivity index (χ0) is 29.2. The van der Waals surface area contributed by atoms with Crippen LogP contribution >= 0.6 is 0 Å². The summed E-state index contributed by atoms with van der Waals surface area (Å²) in [6.07, 6.45) is 9.74. The summed E-state index contributed by atoms with van der Waals surface area (Å²) >= 11 is 0. The molecule has 0 aliphatic carbocycles. The predicted molar refractivity (Wildman–Crippen MR) is 165 cm³/mol. The number of rotatable bonds is 12. The molecule has 0 heterocycles. The molecule has 41 heavy (non-hydrogen) atoms. The van der Waals surface area contributed by atoms with E-state index in [0.29, 0.717) is 24.0 Å². The molecule has 0 spiro atoms. The van der Waals surface area contributed by atoms with E-state index in [0.717, 1.165) is 72.9 Å². The van der Waals surface area contributed by atoms with Crippen LogP contribution in [0.15, 0.2) is 82.6 Å². The van der Waals surface area contributed by atoms with Gasteiger partial charge in [-0.2, -0.15) is 0 Å². The molecular weight excluding hydrogens is 585 g/mol. The van der Waals surface area contributed by atoms with E-state index in [4.69, 9.17) is 0 Å². The normalized spacial score (nSPS) is 11.6. The minimum Gasteiger partial charge on any atom is -0.744 e. The van der Waals surface area contributed by atoms with Crippen LogP contribution in [0.4, 0.5) is 0 Å². The molecule has 0 aromatic heterocycles. The van der Waals surface area contributed by atoms with Crippen LogP contribution in [-0.4, -0.2) is 63.7 Å². The van der Waals surface area contributed by atoms with Gasteiger partial charge in [0.05, 0.1) is 9.79 Å². The van der Waals surface area contributed by atoms with E-state index < -0.39 is 20.2 Å². The molecule has 0 fully saturated rings. The van der Waals surface area contributed by atoms with Crippen molar-refractivity contribution >= 4 is 79.5 Å². The Morgan fingerprint density at radius 2 is 0.829 bits per heavy atom. The van der Waals surface area contributed by atoms with Crippen LogP contribution in [-0.2, 0) is 33.1 Å². The molecule has 4 aromatic carbocycles. The first-order valence-corrected chi connectivity index (χ1v) is 16.8. The van der Waals surface area contributed by atoms with Gasteiger partial charge in [-0.25, -0.2) is 16.8 Å². The Labute approximate surface area is 275 Å². The average Bonchev–Trinajstić information content (AvgIpc) is 2.92. The van der Waals surface area contributed by atoms with Crippen molar-refractivity contribution in [1.82, 2.24) is 0 Å². The van der Waals surface area contributed by atoms with E-state index in [2.05, 4.69) is 13.8 Å². The van der Waals surface area contributed by atoms with Crippen LogP contribution in [0.3, 0.4) is 0 Å². The summed E-state index contributed by atoms with van der Waals surface area (Å²) in [5, 5.41) is 3.54. The van der Waals surface area contributed by atoms with Gasteiger partial charge in [-0.15, -0.1) is 0 Å². The van der Waals surface area contributed by atoms with E-state index in [9.17, 15) is 25.9 Å². The van der Waals surface area contributed by atoms with Gasteiger partial charge in [-0.05, 0) is 82.6 Å². The average molecular weight is 623 g/mol. The number of aryl methyl sites for hydroxylation is 2. The van der Waals surface area contributed by atoms with E-state index in [1.165, 1.54) is 12.1 Å². The predicted octanol–water partition coefficient (Wildman–Crippen LogP) is 7.35. The molecule has 6 nitrogen and oxygen atoms in total. The third-order valence-electron chi connectivity index (χ3n) is 7.00. The van der Waals surface area contributed by atoms with Crippen molar-refractivity contribution < 1.29 is 25.9 Å². The van der Waals surface area contributed by atoms with Crippen molar-refractivity contribution in [2.45, 2.75) is 87.8 Å². The first-order chi connectivity index (χ1) is 19.0. The van der Waals surface area contributed by atoms with Gasteiger partial charge in [0.15, 0.2) is 0 Å². The first kappa shape index (κ1) is 35.7. The zero-order valence-corrected chi connectivity index (χ0v) is 27.8. The van der Waals surface area contributed by atoms with Crippen molar-refractivity contribution in [2.75, 3.05) is 0 Å². The van der Waals surface area contributed by atoms with E-state index in [1.54, 1.807) is 0 Å². The molecule has 0 N–H and O–H groups in total.